The first-order valence-electron chi connectivity index (χ1n) is 9.27. The summed E-state index contributed by atoms with van der Waals surface area (Å²) in [6.07, 6.45) is 0.301. The van der Waals surface area contributed by atoms with Crippen molar-refractivity contribution in [3.05, 3.63) is 95.3 Å². The van der Waals surface area contributed by atoms with Gasteiger partial charge in [0.05, 0.1) is 17.9 Å². The van der Waals surface area contributed by atoms with Crippen LogP contribution in [0.5, 0.6) is 0 Å². The highest BCUT2D eigenvalue weighted by Gasteiger charge is 2.09. The Labute approximate surface area is 183 Å². The maximum Gasteiger partial charge on any atom is 0.228 e. The summed E-state index contributed by atoms with van der Waals surface area (Å²) in [5.74, 6) is 1.33. The van der Waals surface area contributed by atoms with Crippen molar-refractivity contribution in [2.45, 2.75) is 17.1 Å². The molecule has 3 aromatic carbocycles. The zero-order chi connectivity index (χ0) is 20.8. The fraction of sp³-hybridized carbons (Fsp3) is 0.0909. The van der Waals surface area contributed by atoms with E-state index in [1.54, 1.807) is 28.6 Å². The molecule has 6 nitrogen and oxygen atoms in total. The minimum Gasteiger partial charge on any atom is -0.326 e. The second kappa shape index (κ2) is 9.56. The molecule has 0 aliphatic heterocycles. The monoisotopic (exact) mass is 435 g/mol. The Bertz CT molecular complexity index is 1110. The number of carbonyl (C=O) groups excluding carboxylic acids is 1. The van der Waals surface area contributed by atoms with Gasteiger partial charge in [-0.1, -0.05) is 41.9 Å². The predicted octanol–water partition coefficient (Wildman–Crippen LogP) is 4.79. The van der Waals surface area contributed by atoms with Gasteiger partial charge in [-0.3, -0.25) is 4.79 Å². The van der Waals surface area contributed by atoms with Crippen LogP contribution in [0.25, 0.3) is 5.69 Å². The Kier molecular flexibility index (Phi) is 6.41. The number of nitrogens with one attached hydrogen (secondary N) is 1. The molecule has 0 aliphatic carbocycles. The van der Waals surface area contributed by atoms with E-state index in [2.05, 4.69) is 20.8 Å². The molecule has 4 rings (SSSR count). The molecule has 8 heteroatoms. The lowest BCUT2D eigenvalue weighted by Crippen LogP contribution is -2.14. The molecular weight excluding hydrogens is 418 g/mol. The van der Waals surface area contributed by atoms with Crippen molar-refractivity contribution in [2.75, 3.05) is 5.32 Å². The minimum atomic E-state index is -0.0697. The van der Waals surface area contributed by atoms with Crippen LogP contribution in [0.3, 0.4) is 0 Å². The number of hydrogen-bond acceptors (Lipinski definition) is 5. The number of amides is 1. The molecule has 0 atom stereocenters. The van der Waals surface area contributed by atoms with Gasteiger partial charge in [0.25, 0.3) is 0 Å². The zero-order valence-corrected chi connectivity index (χ0v) is 17.5. The highest BCUT2D eigenvalue weighted by atomic mass is 35.5. The first-order valence-corrected chi connectivity index (χ1v) is 10.6. The van der Waals surface area contributed by atoms with Gasteiger partial charge in [0.1, 0.15) is 0 Å². The van der Waals surface area contributed by atoms with Gasteiger partial charge >= 0.3 is 0 Å². The summed E-state index contributed by atoms with van der Waals surface area (Å²) in [5, 5.41) is 15.6. The molecular formula is C22H18ClN5OS. The number of rotatable bonds is 7. The van der Waals surface area contributed by atoms with Crippen LogP contribution in [-0.4, -0.2) is 26.1 Å². The maximum atomic E-state index is 12.2. The van der Waals surface area contributed by atoms with Gasteiger partial charge in [0.15, 0.2) is 5.82 Å². The van der Waals surface area contributed by atoms with Crippen molar-refractivity contribution in [3.8, 4) is 5.69 Å². The van der Waals surface area contributed by atoms with Crippen LogP contribution in [0.2, 0.25) is 5.02 Å². The van der Waals surface area contributed by atoms with Gasteiger partial charge in [-0.05, 0) is 64.5 Å². The number of thioether (sulfide) groups is 1. The average Bonchev–Trinajstić information content (AvgIpc) is 3.24. The number of hydrogen-bond donors (Lipinski definition) is 1. The highest BCUT2D eigenvalue weighted by Crippen LogP contribution is 2.24. The third-order valence-electron chi connectivity index (χ3n) is 4.32. The minimum absolute atomic E-state index is 0.0697. The molecule has 4 aromatic rings. The number of tetrazole rings is 1. The lowest BCUT2D eigenvalue weighted by molar-refractivity contribution is -0.115. The predicted molar refractivity (Wildman–Crippen MR) is 119 cm³/mol. The largest absolute Gasteiger partial charge is 0.326 e. The Balaban J connectivity index is 1.33. The van der Waals surface area contributed by atoms with E-state index < -0.39 is 0 Å². The number of carbonyl (C=O) groups is 1. The fourth-order valence-electron chi connectivity index (χ4n) is 2.84. The van der Waals surface area contributed by atoms with Crippen LogP contribution in [0.4, 0.5) is 5.69 Å². The van der Waals surface area contributed by atoms with Gasteiger partial charge in [0.2, 0.25) is 5.91 Å². The molecule has 0 aliphatic rings. The third kappa shape index (κ3) is 5.25. The molecule has 0 saturated carbocycles. The molecule has 0 radical (unpaired) electrons. The fourth-order valence-corrected chi connectivity index (χ4v) is 3.77. The van der Waals surface area contributed by atoms with Crippen LogP contribution in [0.15, 0.2) is 83.8 Å². The number of halogens is 1. The standard InChI is InChI=1S/C22H18ClN5OS/c23-17-8-6-16(7-9-17)14-22(29)24-18-10-12-20(13-11-18)30-15-21-25-26-27-28(21)19-4-2-1-3-5-19/h1-13H,14-15H2,(H,24,29). The van der Waals surface area contributed by atoms with Crippen molar-refractivity contribution in [1.29, 1.82) is 0 Å². The summed E-state index contributed by atoms with van der Waals surface area (Å²) in [5.41, 5.74) is 2.60. The van der Waals surface area contributed by atoms with E-state index in [-0.39, 0.29) is 5.91 Å². The summed E-state index contributed by atoms with van der Waals surface area (Å²) in [7, 11) is 0. The molecule has 1 amide bonds. The Morgan fingerprint density at radius 3 is 2.43 bits per heavy atom. The summed E-state index contributed by atoms with van der Waals surface area (Å²) in [6.45, 7) is 0. The summed E-state index contributed by atoms with van der Waals surface area (Å²) in [6, 6.07) is 24.8. The number of anilines is 1. The highest BCUT2D eigenvalue weighted by molar-refractivity contribution is 7.98. The zero-order valence-electron chi connectivity index (χ0n) is 15.9. The molecule has 150 valence electrons. The van der Waals surface area contributed by atoms with Crippen molar-refractivity contribution >= 4 is 35.0 Å². The van der Waals surface area contributed by atoms with Gasteiger partial charge in [-0.25, -0.2) is 0 Å². The summed E-state index contributed by atoms with van der Waals surface area (Å²) >= 11 is 7.51. The molecule has 0 fully saturated rings. The van der Waals surface area contributed by atoms with Gasteiger partial charge in [0, 0.05) is 15.6 Å². The average molecular weight is 436 g/mol. The van der Waals surface area contributed by atoms with Crippen molar-refractivity contribution in [1.82, 2.24) is 20.2 Å². The lowest BCUT2D eigenvalue weighted by Gasteiger charge is -2.07. The number of benzene rings is 3. The molecule has 0 unspecified atom stereocenters. The smallest absolute Gasteiger partial charge is 0.228 e. The molecule has 1 aromatic heterocycles. The maximum absolute atomic E-state index is 12.2. The molecule has 30 heavy (non-hydrogen) atoms. The second-order valence-electron chi connectivity index (χ2n) is 6.51. The van der Waals surface area contributed by atoms with Crippen LogP contribution >= 0.6 is 23.4 Å². The second-order valence-corrected chi connectivity index (χ2v) is 7.99. The Morgan fingerprint density at radius 1 is 0.967 bits per heavy atom. The molecule has 1 heterocycles. The van der Waals surface area contributed by atoms with E-state index in [9.17, 15) is 4.79 Å². The summed E-state index contributed by atoms with van der Waals surface area (Å²) in [4.78, 5) is 13.3. The first kappa shape index (κ1) is 20.1. The van der Waals surface area contributed by atoms with E-state index >= 15 is 0 Å². The number of aromatic nitrogens is 4. The quantitative estimate of drug-likeness (QED) is 0.422. The molecule has 0 spiro atoms. The third-order valence-corrected chi connectivity index (χ3v) is 5.58. The van der Waals surface area contributed by atoms with Crippen LogP contribution < -0.4 is 5.32 Å². The van der Waals surface area contributed by atoms with E-state index in [1.165, 1.54) is 0 Å². The number of para-hydroxylation sites is 1. The summed E-state index contributed by atoms with van der Waals surface area (Å²) < 4.78 is 1.73. The van der Waals surface area contributed by atoms with E-state index in [0.29, 0.717) is 17.2 Å². The molecule has 1 N–H and O–H groups in total. The van der Waals surface area contributed by atoms with E-state index in [0.717, 1.165) is 27.7 Å². The normalized spacial score (nSPS) is 10.7. The SMILES string of the molecule is O=C(Cc1ccc(Cl)cc1)Nc1ccc(SCc2nnnn2-c2ccccc2)cc1. The molecule has 0 saturated heterocycles. The lowest BCUT2D eigenvalue weighted by atomic mass is 10.1. The topological polar surface area (TPSA) is 72.7 Å². The number of nitrogens with zero attached hydrogens (tertiary/aromatic N) is 4. The first-order chi connectivity index (χ1) is 14.7. The van der Waals surface area contributed by atoms with Gasteiger partial charge in [-0.15, -0.1) is 16.9 Å². The van der Waals surface area contributed by atoms with E-state index in [1.807, 2.05) is 66.7 Å². The van der Waals surface area contributed by atoms with Crippen molar-refractivity contribution in [3.63, 3.8) is 0 Å². The van der Waals surface area contributed by atoms with Crippen LogP contribution in [0, 0.1) is 0 Å². The Hall–Kier alpha value is -3.16. The molecule has 0 bridgehead atoms. The van der Waals surface area contributed by atoms with Crippen LogP contribution in [0.1, 0.15) is 11.4 Å². The van der Waals surface area contributed by atoms with Gasteiger partial charge in [-0.2, -0.15) is 4.68 Å². The van der Waals surface area contributed by atoms with Crippen LogP contribution in [-0.2, 0) is 17.0 Å². The Morgan fingerprint density at radius 2 is 1.70 bits per heavy atom. The van der Waals surface area contributed by atoms with E-state index in [4.69, 9.17) is 11.6 Å². The van der Waals surface area contributed by atoms with Gasteiger partial charge < -0.3 is 5.32 Å². The van der Waals surface area contributed by atoms with Crippen molar-refractivity contribution < 1.29 is 4.79 Å². The van der Waals surface area contributed by atoms with Crippen molar-refractivity contribution in [2.24, 2.45) is 0 Å².